The monoisotopic (exact) mass is 137 g/mol. The van der Waals surface area contributed by atoms with E-state index in [1.807, 2.05) is 0 Å². The summed E-state index contributed by atoms with van der Waals surface area (Å²) in [5.41, 5.74) is 0. The van der Waals surface area contributed by atoms with Gasteiger partial charge in [-0.25, -0.2) is 0 Å². The summed E-state index contributed by atoms with van der Waals surface area (Å²) in [5, 5.41) is 6.37. The van der Waals surface area contributed by atoms with Gasteiger partial charge in [-0.2, -0.15) is 8.42 Å². The topological polar surface area (TPSA) is 67.2 Å². The summed E-state index contributed by atoms with van der Waals surface area (Å²) >= 11 is 0. The molecule has 0 unspecified atom stereocenters. The predicted molar refractivity (Wildman–Crippen MR) is 29.6 cm³/mol. The van der Waals surface area contributed by atoms with Crippen LogP contribution in [0, 0.1) is 5.41 Å². The minimum absolute atomic E-state index is 0.168. The predicted octanol–water partition coefficient (Wildman–Crippen LogP) is -0.388. The maximum Gasteiger partial charge on any atom is 0.264 e. The SMILES string of the molecule is CS(=O)(=O)OCC=N. The van der Waals surface area contributed by atoms with E-state index in [-0.39, 0.29) is 6.61 Å². The van der Waals surface area contributed by atoms with E-state index in [0.29, 0.717) is 0 Å². The maximum atomic E-state index is 10.1. The van der Waals surface area contributed by atoms with Crippen LogP contribution in [0.25, 0.3) is 0 Å². The third-order valence-electron chi connectivity index (χ3n) is 0.365. The van der Waals surface area contributed by atoms with Crippen LogP contribution >= 0.6 is 0 Å². The lowest BCUT2D eigenvalue weighted by Gasteiger charge is -1.91. The molecule has 0 saturated carbocycles. The fraction of sp³-hybridized carbons (Fsp3) is 0.667. The molecule has 8 heavy (non-hydrogen) atoms. The lowest BCUT2D eigenvalue weighted by atomic mass is 10.8. The average Bonchev–Trinajstić information content (AvgIpc) is 1.59. The van der Waals surface area contributed by atoms with Crippen LogP contribution < -0.4 is 0 Å². The zero-order chi connectivity index (χ0) is 6.62. The summed E-state index contributed by atoms with van der Waals surface area (Å²) in [6.45, 7) is -0.168. The van der Waals surface area contributed by atoms with Crippen LogP contribution in [0.2, 0.25) is 0 Å². The Labute approximate surface area is 48.1 Å². The molecular weight excluding hydrogens is 130 g/mol. The van der Waals surface area contributed by atoms with Gasteiger partial charge in [-0.05, 0) is 0 Å². The summed E-state index contributed by atoms with van der Waals surface area (Å²) in [6.07, 6.45) is 1.82. The highest BCUT2D eigenvalue weighted by Crippen LogP contribution is 1.81. The van der Waals surface area contributed by atoms with Crippen molar-refractivity contribution in [3.05, 3.63) is 0 Å². The first kappa shape index (κ1) is 7.58. The van der Waals surface area contributed by atoms with Crippen LogP contribution in [0.1, 0.15) is 0 Å². The molecule has 48 valence electrons. The molecule has 0 aromatic rings. The van der Waals surface area contributed by atoms with E-state index in [0.717, 1.165) is 12.5 Å². The first-order valence-electron chi connectivity index (χ1n) is 1.89. The van der Waals surface area contributed by atoms with Crippen LogP contribution in [0.3, 0.4) is 0 Å². The molecule has 0 heterocycles. The Bertz CT molecular complexity index is 159. The molecule has 0 rings (SSSR count). The second-order valence-corrected chi connectivity index (χ2v) is 2.84. The van der Waals surface area contributed by atoms with Gasteiger partial charge in [0.25, 0.3) is 10.1 Å². The van der Waals surface area contributed by atoms with Crippen molar-refractivity contribution in [1.29, 1.82) is 5.41 Å². The summed E-state index contributed by atoms with van der Waals surface area (Å²) in [4.78, 5) is 0. The molecule has 0 aromatic carbocycles. The molecule has 0 amide bonds. The Hall–Kier alpha value is -0.420. The standard InChI is InChI=1S/C3H7NO3S/c1-8(5,6)7-3-2-4/h2,4H,3H2,1H3. The molecule has 0 radical (unpaired) electrons. The molecule has 0 saturated heterocycles. The van der Waals surface area contributed by atoms with E-state index in [4.69, 9.17) is 5.41 Å². The number of hydrogen-bond donors (Lipinski definition) is 1. The highest BCUT2D eigenvalue weighted by Gasteiger charge is 1.96. The first-order valence-corrected chi connectivity index (χ1v) is 3.71. The summed E-state index contributed by atoms with van der Waals surface area (Å²) in [7, 11) is -3.34. The summed E-state index contributed by atoms with van der Waals surface area (Å²) in [6, 6.07) is 0. The molecule has 0 aliphatic carbocycles. The normalized spacial score (nSPS) is 11.1. The third-order valence-corrected chi connectivity index (χ3v) is 0.930. The van der Waals surface area contributed by atoms with E-state index in [1.54, 1.807) is 0 Å². The first-order chi connectivity index (χ1) is 3.56. The van der Waals surface area contributed by atoms with Crippen LogP contribution in [0.5, 0.6) is 0 Å². The van der Waals surface area contributed by atoms with Gasteiger partial charge in [0.05, 0.1) is 6.26 Å². The van der Waals surface area contributed by atoms with Gasteiger partial charge >= 0.3 is 0 Å². The van der Waals surface area contributed by atoms with Crippen LogP contribution in [-0.2, 0) is 14.3 Å². The molecule has 0 aliphatic rings. The largest absolute Gasteiger partial charge is 0.311 e. The van der Waals surface area contributed by atoms with Crippen molar-refractivity contribution in [2.45, 2.75) is 0 Å². The highest BCUT2D eigenvalue weighted by molar-refractivity contribution is 7.86. The average molecular weight is 137 g/mol. The molecule has 5 heteroatoms. The minimum atomic E-state index is -3.34. The Morgan fingerprint density at radius 1 is 1.75 bits per heavy atom. The van der Waals surface area contributed by atoms with E-state index in [9.17, 15) is 8.42 Å². The molecule has 0 aromatic heterocycles. The summed E-state index contributed by atoms with van der Waals surface area (Å²) in [5.74, 6) is 0. The highest BCUT2D eigenvalue weighted by atomic mass is 32.2. The van der Waals surface area contributed by atoms with Gasteiger partial charge in [-0.3, -0.25) is 4.18 Å². The van der Waals surface area contributed by atoms with Crippen molar-refractivity contribution in [2.75, 3.05) is 12.9 Å². The van der Waals surface area contributed by atoms with Crippen molar-refractivity contribution in [2.24, 2.45) is 0 Å². The van der Waals surface area contributed by atoms with Crippen LogP contribution in [0.15, 0.2) is 0 Å². The molecular formula is C3H7NO3S. The van der Waals surface area contributed by atoms with E-state index in [1.165, 1.54) is 0 Å². The quantitative estimate of drug-likeness (QED) is 0.425. The Morgan fingerprint density at radius 3 is 2.38 bits per heavy atom. The number of hydrogen-bond acceptors (Lipinski definition) is 4. The van der Waals surface area contributed by atoms with Crippen LogP contribution in [-0.4, -0.2) is 27.5 Å². The summed E-state index contributed by atoms with van der Waals surface area (Å²) < 4.78 is 24.2. The van der Waals surface area contributed by atoms with E-state index < -0.39 is 10.1 Å². The zero-order valence-corrected chi connectivity index (χ0v) is 5.23. The van der Waals surface area contributed by atoms with E-state index >= 15 is 0 Å². The smallest absolute Gasteiger partial charge is 0.264 e. The van der Waals surface area contributed by atoms with Crippen LogP contribution in [0.4, 0.5) is 0 Å². The van der Waals surface area contributed by atoms with Crippen molar-refractivity contribution < 1.29 is 12.6 Å². The van der Waals surface area contributed by atoms with E-state index in [2.05, 4.69) is 4.18 Å². The molecule has 4 nitrogen and oxygen atoms in total. The van der Waals surface area contributed by atoms with Gasteiger partial charge < -0.3 is 5.41 Å². The number of nitrogens with one attached hydrogen (secondary N) is 1. The molecule has 1 N–H and O–H groups in total. The van der Waals surface area contributed by atoms with Crippen molar-refractivity contribution in [3.63, 3.8) is 0 Å². The second kappa shape index (κ2) is 2.78. The van der Waals surface area contributed by atoms with Gasteiger partial charge in [0.1, 0.15) is 6.61 Å². The Morgan fingerprint density at radius 2 is 2.25 bits per heavy atom. The lowest BCUT2D eigenvalue weighted by Crippen LogP contribution is -2.03. The minimum Gasteiger partial charge on any atom is -0.311 e. The van der Waals surface area contributed by atoms with Gasteiger partial charge in [-0.1, -0.05) is 0 Å². The van der Waals surface area contributed by atoms with Crippen molar-refractivity contribution in [1.82, 2.24) is 0 Å². The van der Waals surface area contributed by atoms with Gasteiger partial charge in [0.2, 0.25) is 0 Å². The van der Waals surface area contributed by atoms with Gasteiger partial charge in [0.15, 0.2) is 0 Å². The number of rotatable bonds is 3. The molecule has 0 atom stereocenters. The molecule has 0 fully saturated rings. The third kappa shape index (κ3) is 5.58. The molecule has 0 bridgehead atoms. The van der Waals surface area contributed by atoms with Crippen molar-refractivity contribution in [3.8, 4) is 0 Å². The molecule has 0 spiro atoms. The Kier molecular flexibility index (Phi) is 2.64. The Balaban J connectivity index is 3.57. The van der Waals surface area contributed by atoms with Gasteiger partial charge in [0, 0.05) is 6.21 Å². The fourth-order valence-corrected chi connectivity index (χ4v) is 0.473. The van der Waals surface area contributed by atoms with Crippen molar-refractivity contribution >= 4 is 16.3 Å². The molecule has 0 aliphatic heterocycles. The fourth-order valence-electron chi connectivity index (χ4n) is 0.158. The second-order valence-electron chi connectivity index (χ2n) is 1.19. The lowest BCUT2D eigenvalue weighted by molar-refractivity contribution is 0.375. The zero-order valence-electron chi connectivity index (χ0n) is 4.42. The van der Waals surface area contributed by atoms with Gasteiger partial charge in [-0.15, -0.1) is 0 Å². The maximum absolute atomic E-state index is 10.1.